The normalized spacial score (nSPS) is 12.7. The Morgan fingerprint density at radius 3 is 2.52 bits per heavy atom. The standard InChI is InChI=1S/C16H20F3NO3/c1-11(15(22)23)10-20(2)14(21)8-4-6-12-5-3-7-13(9-12)16(17,18)19/h3,5,7,9,11H,4,6,8,10H2,1-2H3,(H,22,23). The van der Waals surface area contributed by atoms with Crippen LogP contribution in [-0.2, 0) is 22.2 Å². The molecule has 0 aliphatic carbocycles. The van der Waals surface area contributed by atoms with Gasteiger partial charge in [0.2, 0.25) is 5.91 Å². The van der Waals surface area contributed by atoms with Gasteiger partial charge in [-0.05, 0) is 24.5 Å². The van der Waals surface area contributed by atoms with E-state index >= 15 is 0 Å². The molecular formula is C16H20F3NO3. The molecule has 0 saturated carbocycles. The number of alkyl halides is 3. The van der Waals surface area contributed by atoms with E-state index in [1.54, 1.807) is 6.07 Å². The lowest BCUT2D eigenvalue weighted by atomic mass is 10.0. The summed E-state index contributed by atoms with van der Waals surface area (Å²) in [6.07, 6.45) is -3.44. The Hall–Kier alpha value is -2.05. The minimum atomic E-state index is -4.38. The molecule has 0 radical (unpaired) electrons. The second kappa shape index (κ2) is 7.99. The summed E-state index contributed by atoms with van der Waals surface area (Å²) in [5.41, 5.74) is -0.178. The maximum Gasteiger partial charge on any atom is 0.416 e. The summed E-state index contributed by atoms with van der Waals surface area (Å²) in [6, 6.07) is 5.03. The molecule has 23 heavy (non-hydrogen) atoms. The van der Waals surface area contributed by atoms with Gasteiger partial charge >= 0.3 is 12.1 Å². The number of benzene rings is 1. The van der Waals surface area contributed by atoms with E-state index in [9.17, 15) is 22.8 Å². The number of halogens is 3. The first kappa shape index (κ1) is 19.0. The first-order chi connectivity index (χ1) is 10.6. The fourth-order valence-electron chi connectivity index (χ4n) is 2.13. The zero-order valence-electron chi connectivity index (χ0n) is 13.1. The van der Waals surface area contributed by atoms with E-state index < -0.39 is 23.6 Å². The van der Waals surface area contributed by atoms with Gasteiger partial charge in [0.1, 0.15) is 0 Å². The number of aryl methyl sites for hydroxylation is 1. The van der Waals surface area contributed by atoms with Gasteiger partial charge in [0, 0.05) is 20.0 Å². The molecule has 128 valence electrons. The predicted octanol–water partition coefficient (Wildman–Crippen LogP) is 3.21. The molecule has 7 heteroatoms. The van der Waals surface area contributed by atoms with Gasteiger partial charge in [-0.1, -0.05) is 25.1 Å². The number of hydrogen-bond donors (Lipinski definition) is 1. The molecule has 0 aromatic heterocycles. The molecule has 0 aliphatic rings. The molecule has 0 heterocycles. The lowest BCUT2D eigenvalue weighted by Gasteiger charge is -2.19. The van der Waals surface area contributed by atoms with Crippen molar-refractivity contribution in [3.05, 3.63) is 35.4 Å². The summed E-state index contributed by atoms with van der Waals surface area (Å²) in [5.74, 6) is -1.86. The number of aliphatic carboxylic acids is 1. The fraction of sp³-hybridized carbons (Fsp3) is 0.500. The number of carboxylic acids is 1. The number of nitrogens with zero attached hydrogens (tertiary/aromatic N) is 1. The average Bonchev–Trinajstić information content (AvgIpc) is 2.46. The number of carbonyl (C=O) groups excluding carboxylic acids is 1. The maximum absolute atomic E-state index is 12.6. The Balaban J connectivity index is 2.48. The van der Waals surface area contributed by atoms with Gasteiger partial charge in [-0.3, -0.25) is 9.59 Å². The van der Waals surface area contributed by atoms with Crippen molar-refractivity contribution < 1.29 is 27.9 Å². The molecule has 1 aromatic carbocycles. The SMILES string of the molecule is CC(CN(C)C(=O)CCCc1cccc(C(F)(F)F)c1)C(=O)O. The van der Waals surface area contributed by atoms with Crippen LogP contribution in [0.3, 0.4) is 0 Å². The van der Waals surface area contributed by atoms with Gasteiger partial charge in [0.05, 0.1) is 11.5 Å². The molecule has 0 spiro atoms. The van der Waals surface area contributed by atoms with Crippen molar-refractivity contribution in [3.8, 4) is 0 Å². The molecule has 0 aliphatic heterocycles. The highest BCUT2D eigenvalue weighted by atomic mass is 19.4. The summed E-state index contributed by atoms with van der Waals surface area (Å²) >= 11 is 0. The Morgan fingerprint density at radius 1 is 1.30 bits per heavy atom. The van der Waals surface area contributed by atoms with Gasteiger partial charge in [-0.2, -0.15) is 13.2 Å². The second-order valence-corrected chi connectivity index (χ2v) is 5.57. The molecule has 1 N–H and O–H groups in total. The van der Waals surface area contributed by atoms with Gasteiger partial charge in [0.15, 0.2) is 0 Å². The van der Waals surface area contributed by atoms with Gasteiger partial charge in [-0.25, -0.2) is 0 Å². The summed E-state index contributed by atoms with van der Waals surface area (Å²) in [7, 11) is 1.52. The first-order valence-corrected chi connectivity index (χ1v) is 7.24. The van der Waals surface area contributed by atoms with Crippen LogP contribution in [-0.4, -0.2) is 35.5 Å². The molecule has 1 atom stereocenters. The predicted molar refractivity (Wildman–Crippen MR) is 78.8 cm³/mol. The minimum Gasteiger partial charge on any atom is -0.481 e. The van der Waals surface area contributed by atoms with Crippen molar-refractivity contribution in [2.24, 2.45) is 5.92 Å². The highest BCUT2D eigenvalue weighted by molar-refractivity contribution is 5.77. The van der Waals surface area contributed by atoms with E-state index in [1.165, 1.54) is 24.9 Å². The van der Waals surface area contributed by atoms with Crippen molar-refractivity contribution >= 4 is 11.9 Å². The van der Waals surface area contributed by atoms with E-state index in [0.717, 1.165) is 12.1 Å². The number of rotatable bonds is 7. The highest BCUT2D eigenvalue weighted by Crippen LogP contribution is 2.29. The molecule has 1 amide bonds. The van der Waals surface area contributed by atoms with E-state index in [1.807, 2.05) is 0 Å². The number of carboxylic acid groups (broad SMARTS) is 1. The highest BCUT2D eigenvalue weighted by Gasteiger charge is 2.30. The van der Waals surface area contributed by atoms with Crippen LogP contribution in [0.5, 0.6) is 0 Å². The summed E-state index contributed by atoms with van der Waals surface area (Å²) in [6.45, 7) is 1.62. The third kappa shape index (κ3) is 6.30. The molecule has 4 nitrogen and oxygen atoms in total. The molecule has 1 rings (SSSR count). The van der Waals surface area contributed by atoms with Crippen LogP contribution in [0.1, 0.15) is 30.9 Å². The molecule has 0 bridgehead atoms. The van der Waals surface area contributed by atoms with E-state index in [4.69, 9.17) is 5.11 Å². The van der Waals surface area contributed by atoms with Crippen LogP contribution < -0.4 is 0 Å². The van der Waals surface area contributed by atoms with Crippen LogP contribution in [0.25, 0.3) is 0 Å². The third-order valence-electron chi connectivity index (χ3n) is 3.51. The Labute approximate surface area is 132 Å². The van der Waals surface area contributed by atoms with Gasteiger partial charge < -0.3 is 10.0 Å². The number of amides is 1. The fourth-order valence-corrected chi connectivity index (χ4v) is 2.13. The van der Waals surface area contributed by atoms with Crippen molar-refractivity contribution in [3.63, 3.8) is 0 Å². The van der Waals surface area contributed by atoms with Crippen molar-refractivity contribution in [2.45, 2.75) is 32.4 Å². The lowest BCUT2D eigenvalue weighted by molar-refractivity contribution is -0.143. The smallest absolute Gasteiger partial charge is 0.416 e. The summed E-state index contributed by atoms with van der Waals surface area (Å²) in [5, 5.41) is 8.80. The molecule has 0 fully saturated rings. The van der Waals surface area contributed by atoms with Crippen molar-refractivity contribution in [1.29, 1.82) is 0 Å². The van der Waals surface area contributed by atoms with Crippen LogP contribution in [0.4, 0.5) is 13.2 Å². The molecule has 1 aromatic rings. The van der Waals surface area contributed by atoms with Crippen molar-refractivity contribution in [1.82, 2.24) is 4.90 Å². The van der Waals surface area contributed by atoms with E-state index in [-0.39, 0.29) is 18.9 Å². The average molecular weight is 331 g/mol. The minimum absolute atomic E-state index is 0.109. The topological polar surface area (TPSA) is 57.6 Å². The zero-order chi connectivity index (χ0) is 17.6. The Morgan fingerprint density at radius 2 is 1.96 bits per heavy atom. The second-order valence-electron chi connectivity index (χ2n) is 5.57. The first-order valence-electron chi connectivity index (χ1n) is 7.24. The maximum atomic E-state index is 12.6. The monoisotopic (exact) mass is 331 g/mol. The Kier molecular flexibility index (Phi) is 6.60. The Bertz CT molecular complexity index is 558. The van der Waals surface area contributed by atoms with Crippen LogP contribution >= 0.6 is 0 Å². The summed E-state index contributed by atoms with van der Waals surface area (Å²) < 4.78 is 37.8. The quantitative estimate of drug-likeness (QED) is 0.835. The van der Waals surface area contributed by atoms with Crippen molar-refractivity contribution in [2.75, 3.05) is 13.6 Å². The van der Waals surface area contributed by atoms with E-state index in [2.05, 4.69) is 0 Å². The lowest BCUT2D eigenvalue weighted by Crippen LogP contribution is -2.33. The van der Waals surface area contributed by atoms with Gasteiger partial charge in [0.25, 0.3) is 0 Å². The molecular weight excluding hydrogens is 311 g/mol. The third-order valence-corrected chi connectivity index (χ3v) is 3.51. The summed E-state index contributed by atoms with van der Waals surface area (Å²) in [4.78, 5) is 23.9. The number of hydrogen-bond acceptors (Lipinski definition) is 2. The zero-order valence-corrected chi connectivity index (χ0v) is 13.1. The van der Waals surface area contributed by atoms with Crippen LogP contribution in [0.2, 0.25) is 0 Å². The van der Waals surface area contributed by atoms with Crippen LogP contribution in [0.15, 0.2) is 24.3 Å². The number of carbonyl (C=O) groups is 2. The van der Waals surface area contributed by atoms with E-state index in [0.29, 0.717) is 18.4 Å². The largest absolute Gasteiger partial charge is 0.481 e. The van der Waals surface area contributed by atoms with Gasteiger partial charge in [-0.15, -0.1) is 0 Å². The molecule has 1 unspecified atom stereocenters. The van der Waals surface area contributed by atoms with Crippen LogP contribution in [0, 0.1) is 5.92 Å². The molecule has 0 saturated heterocycles.